The van der Waals surface area contributed by atoms with Gasteiger partial charge in [0.2, 0.25) is 0 Å². The van der Waals surface area contributed by atoms with E-state index in [-0.39, 0.29) is 0 Å². The maximum Gasteiger partial charge on any atom is 0.157 e. The van der Waals surface area contributed by atoms with Crippen molar-refractivity contribution in [2.45, 2.75) is 26.3 Å². The number of nitrogens with one attached hydrogen (secondary N) is 1. The van der Waals surface area contributed by atoms with E-state index < -0.39 is 0 Å². The Kier molecular flexibility index (Phi) is 5.07. The van der Waals surface area contributed by atoms with Crippen LogP contribution >= 0.6 is 0 Å². The van der Waals surface area contributed by atoms with Crippen molar-refractivity contribution in [3.8, 4) is 5.75 Å². The number of hydrogen-bond acceptors (Lipinski definition) is 3. The molecule has 0 saturated heterocycles. The molecule has 1 aromatic rings. The van der Waals surface area contributed by atoms with E-state index in [9.17, 15) is 0 Å². The quantitative estimate of drug-likeness (QED) is 0.669. The smallest absolute Gasteiger partial charge is 0.157 e. The van der Waals surface area contributed by atoms with Gasteiger partial charge in [0.25, 0.3) is 0 Å². The van der Waals surface area contributed by atoms with E-state index >= 15 is 0 Å². The second-order valence-electron chi connectivity index (χ2n) is 3.24. The van der Waals surface area contributed by atoms with Gasteiger partial charge in [-0.3, -0.25) is 4.68 Å². The van der Waals surface area contributed by atoms with Gasteiger partial charge in [-0.05, 0) is 26.4 Å². The molecule has 4 heteroatoms. The fraction of sp³-hybridized carbons (Fsp3) is 0.700. The molecule has 1 aromatic heterocycles. The van der Waals surface area contributed by atoms with Crippen LogP contribution in [-0.2, 0) is 6.54 Å². The maximum absolute atomic E-state index is 5.51. The molecule has 0 fully saturated rings. The van der Waals surface area contributed by atoms with E-state index in [1.807, 2.05) is 17.9 Å². The molecular formula is C10H19N3O. The van der Waals surface area contributed by atoms with Gasteiger partial charge in [0.05, 0.1) is 19.0 Å². The lowest BCUT2D eigenvalue weighted by atomic mass is 10.4. The van der Waals surface area contributed by atoms with Crippen LogP contribution in [0.2, 0.25) is 0 Å². The normalized spacial score (nSPS) is 10.4. The largest absolute Gasteiger partial charge is 0.490 e. The maximum atomic E-state index is 5.51. The Morgan fingerprint density at radius 1 is 1.57 bits per heavy atom. The average Bonchev–Trinajstić information content (AvgIpc) is 2.61. The number of hydrogen-bond donors (Lipinski definition) is 1. The number of aromatic nitrogens is 2. The first-order chi connectivity index (χ1) is 6.86. The van der Waals surface area contributed by atoms with Gasteiger partial charge in [-0.25, -0.2) is 0 Å². The molecule has 0 aliphatic carbocycles. The van der Waals surface area contributed by atoms with Crippen LogP contribution in [0.3, 0.4) is 0 Å². The molecule has 1 rings (SSSR count). The zero-order valence-corrected chi connectivity index (χ0v) is 8.99. The lowest BCUT2D eigenvalue weighted by molar-refractivity contribution is 0.309. The molecule has 1 N–H and O–H groups in total. The summed E-state index contributed by atoms with van der Waals surface area (Å²) < 4.78 is 7.42. The van der Waals surface area contributed by atoms with E-state index in [1.54, 1.807) is 6.20 Å². The summed E-state index contributed by atoms with van der Waals surface area (Å²) in [5.74, 6) is 0.870. The van der Waals surface area contributed by atoms with Crippen molar-refractivity contribution in [3.63, 3.8) is 0 Å². The van der Waals surface area contributed by atoms with E-state index in [1.165, 1.54) is 0 Å². The van der Waals surface area contributed by atoms with Crippen molar-refractivity contribution in [1.29, 1.82) is 0 Å². The molecular weight excluding hydrogens is 178 g/mol. The Morgan fingerprint density at radius 3 is 3.14 bits per heavy atom. The van der Waals surface area contributed by atoms with Crippen LogP contribution in [0.15, 0.2) is 12.4 Å². The summed E-state index contributed by atoms with van der Waals surface area (Å²) in [7, 11) is 1.94. The summed E-state index contributed by atoms with van der Waals surface area (Å²) >= 11 is 0. The van der Waals surface area contributed by atoms with Crippen LogP contribution in [0.5, 0.6) is 5.75 Å². The molecule has 4 nitrogen and oxygen atoms in total. The van der Waals surface area contributed by atoms with E-state index in [0.29, 0.717) is 0 Å². The van der Waals surface area contributed by atoms with Crippen molar-refractivity contribution < 1.29 is 4.74 Å². The Balaban J connectivity index is 2.22. The van der Waals surface area contributed by atoms with Crippen molar-refractivity contribution >= 4 is 0 Å². The van der Waals surface area contributed by atoms with Crippen molar-refractivity contribution in [2.24, 2.45) is 0 Å². The predicted molar refractivity (Wildman–Crippen MR) is 56.6 cm³/mol. The second kappa shape index (κ2) is 6.43. The molecule has 0 radical (unpaired) electrons. The Bertz CT molecular complexity index is 247. The molecule has 14 heavy (non-hydrogen) atoms. The van der Waals surface area contributed by atoms with Crippen molar-refractivity contribution in [1.82, 2.24) is 15.1 Å². The van der Waals surface area contributed by atoms with Gasteiger partial charge in [-0.1, -0.05) is 6.92 Å². The fourth-order valence-electron chi connectivity index (χ4n) is 1.21. The minimum atomic E-state index is 0.749. The number of nitrogens with zero attached hydrogens (tertiary/aromatic N) is 2. The van der Waals surface area contributed by atoms with Gasteiger partial charge in [0.1, 0.15) is 0 Å². The monoisotopic (exact) mass is 197 g/mol. The van der Waals surface area contributed by atoms with Gasteiger partial charge >= 0.3 is 0 Å². The third kappa shape index (κ3) is 3.79. The first-order valence-electron chi connectivity index (χ1n) is 5.16. The Hall–Kier alpha value is -1.03. The van der Waals surface area contributed by atoms with Gasteiger partial charge < -0.3 is 10.1 Å². The lowest BCUT2D eigenvalue weighted by Gasteiger charge is -2.02. The SMILES string of the molecule is CCCn1cc(OCCCNC)cn1. The van der Waals surface area contributed by atoms with Crippen molar-refractivity contribution in [2.75, 3.05) is 20.2 Å². The molecule has 0 aliphatic heterocycles. The van der Waals surface area contributed by atoms with Gasteiger partial charge in [0, 0.05) is 6.54 Å². The van der Waals surface area contributed by atoms with Crippen LogP contribution in [0.4, 0.5) is 0 Å². The molecule has 0 aromatic carbocycles. The summed E-state index contributed by atoms with van der Waals surface area (Å²) in [6.07, 6.45) is 5.84. The van der Waals surface area contributed by atoms with Crippen LogP contribution in [0.25, 0.3) is 0 Å². The highest BCUT2D eigenvalue weighted by Crippen LogP contribution is 2.08. The standard InChI is InChI=1S/C10H19N3O/c1-3-6-13-9-10(8-12-13)14-7-4-5-11-2/h8-9,11H,3-7H2,1-2H3. The Labute approximate surface area is 85.3 Å². The molecule has 0 bridgehead atoms. The van der Waals surface area contributed by atoms with Crippen molar-refractivity contribution in [3.05, 3.63) is 12.4 Å². The second-order valence-corrected chi connectivity index (χ2v) is 3.24. The number of aryl methyl sites for hydroxylation is 1. The summed E-state index contributed by atoms with van der Waals surface area (Å²) in [5.41, 5.74) is 0. The fourth-order valence-corrected chi connectivity index (χ4v) is 1.21. The van der Waals surface area contributed by atoms with Crippen LogP contribution < -0.4 is 10.1 Å². The third-order valence-electron chi connectivity index (χ3n) is 1.90. The third-order valence-corrected chi connectivity index (χ3v) is 1.90. The van der Waals surface area contributed by atoms with E-state index in [0.717, 1.165) is 38.3 Å². The molecule has 80 valence electrons. The minimum Gasteiger partial charge on any atom is -0.490 e. The molecule has 0 amide bonds. The number of rotatable bonds is 7. The zero-order chi connectivity index (χ0) is 10.2. The van der Waals surface area contributed by atoms with Gasteiger partial charge in [-0.15, -0.1) is 0 Å². The highest BCUT2D eigenvalue weighted by atomic mass is 16.5. The molecule has 0 atom stereocenters. The zero-order valence-electron chi connectivity index (χ0n) is 8.99. The number of ether oxygens (including phenoxy) is 1. The highest BCUT2D eigenvalue weighted by Gasteiger charge is 1.97. The van der Waals surface area contributed by atoms with Crippen LogP contribution in [-0.4, -0.2) is 30.0 Å². The van der Waals surface area contributed by atoms with E-state index in [4.69, 9.17) is 4.74 Å². The molecule has 1 heterocycles. The molecule has 0 aliphatic rings. The summed E-state index contributed by atoms with van der Waals surface area (Å²) in [6, 6.07) is 0. The molecule has 0 spiro atoms. The van der Waals surface area contributed by atoms with Gasteiger partial charge in [-0.2, -0.15) is 5.10 Å². The first kappa shape index (κ1) is 11.0. The van der Waals surface area contributed by atoms with Crippen LogP contribution in [0.1, 0.15) is 19.8 Å². The summed E-state index contributed by atoms with van der Waals surface area (Å²) in [5, 5.41) is 7.26. The average molecular weight is 197 g/mol. The summed E-state index contributed by atoms with van der Waals surface area (Å²) in [6.45, 7) is 4.83. The lowest BCUT2D eigenvalue weighted by Crippen LogP contribution is -2.11. The highest BCUT2D eigenvalue weighted by molar-refractivity contribution is 5.11. The topological polar surface area (TPSA) is 39.1 Å². The summed E-state index contributed by atoms with van der Waals surface area (Å²) in [4.78, 5) is 0. The predicted octanol–water partition coefficient (Wildman–Crippen LogP) is 1.28. The molecule has 0 unspecified atom stereocenters. The molecule has 0 saturated carbocycles. The van der Waals surface area contributed by atoms with Gasteiger partial charge in [0.15, 0.2) is 5.75 Å². The van der Waals surface area contributed by atoms with Crippen LogP contribution in [0, 0.1) is 0 Å². The minimum absolute atomic E-state index is 0.749. The van der Waals surface area contributed by atoms with E-state index in [2.05, 4.69) is 17.3 Å². The Morgan fingerprint density at radius 2 is 2.43 bits per heavy atom. The first-order valence-corrected chi connectivity index (χ1v) is 5.16.